The van der Waals surface area contributed by atoms with E-state index < -0.39 is 11.9 Å². The van der Waals surface area contributed by atoms with Gasteiger partial charge in [0.15, 0.2) is 0 Å². The van der Waals surface area contributed by atoms with E-state index in [4.69, 9.17) is 24.5 Å². The van der Waals surface area contributed by atoms with Crippen LogP contribution in [-0.2, 0) is 22.7 Å². The van der Waals surface area contributed by atoms with Crippen molar-refractivity contribution in [1.82, 2.24) is 5.32 Å². The summed E-state index contributed by atoms with van der Waals surface area (Å²) < 4.78 is 5.09. The van der Waals surface area contributed by atoms with Crippen molar-refractivity contribution in [2.45, 2.75) is 13.1 Å². The lowest BCUT2D eigenvalue weighted by molar-refractivity contribution is -0.385. The maximum Gasteiger partial charge on any atom is 0.414 e. The molecule has 2 rings (SSSR count). The van der Waals surface area contributed by atoms with Gasteiger partial charge in [0.25, 0.3) is 5.69 Å². The molecule has 0 saturated heterocycles. The molecule has 9 nitrogen and oxygen atoms in total. The van der Waals surface area contributed by atoms with Crippen LogP contribution in [0.1, 0.15) is 11.1 Å². The minimum atomic E-state index is -1.82. The third-order valence-electron chi connectivity index (χ3n) is 3.17. The minimum Gasteiger partial charge on any atom is -0.497 e. The molecule has 2 aromatic rings. The Morgan fingerprint density at radius 1 is 1.04 bits per heavy atom. The SMILES string of the molecule is COc1ccc(CNCc2ccccc2[N+](=O)[O-])cc1.O=C(O)C(=O)O. The van der Waals surface area contributed by atoms with Crippen LogP contribution in [0.4, 0.5) is 5.69 Å². The van der Waals surface area contributed by atoms with Crippen molar-refractivity contribution in [2.75, 3.05) is 7.11 Å². The molecule has 0 saturated carbocycles. The van der Waals surface area contributed by atoms with E-state index in [9.17, 15) is 10.1 Å². The summed E-state index contributed by atoms with van der Waals surface area (Å²) in [5, 5.41) is 28.9. The molecule has 0 aromatic heterocycles. The predicted octanol–water partition coefficient (Wildman–Crippen LogP) is 2.05. The lowest BCUT2D eigenvalue weighted by Crippen LogP contribution is -2.13. The van der Waals surface area contributed by atoms with Crippen molar-refractivity contribution in [3.8, 4) is 5.75 Å². The van der Waals surface area contributed by atoms with E-state index in [2.05, 4.69) is 5.32 Å². The predicted molar refractivity (Wildman–Crippen MR) is 91.9 cm³/mol. The molecule has 138 valence electrons. The highest BCUT2D eigenvalue weighted by Gasteiger charge is 2.11. The Kier molecular flexibility index (Phi) is 8.24. The molecule has 0 aliphatic heterocycles. The van der Waals surface area contributed by atoms with Crippen LogP contribution >= 0.6 is 0 Å². The largest absolute Gasteiger partial charge is 0.497 e. The van der Waals surface area contributed by atoms with E-state index in [1.165, 1.54) is 6.07 Å². The fourth-order valence-corrected chi connectivity index (χ4v) is 1.92. The summed E-state index contributed by atoms with van der Waals surface area (Å²) in [7, 11) is 1.63. The molecule has 0 amide bonds. The number of nitro groups is 1. The molecule has 0 unspecified atom stereocenters. The van der Waals surface area contributed by atoms with Gasteiger partial charge in [-0.1, -0.05) is 30.3 Å². The van der Waals surface area contributed by atoms with Gasteiger partial charge in [-0.25, -0.2) is 9.59 Å². The molecule has 0 heterocycles. The van der Waals surface area contributed by atoms with E-state index >= 15 is 0 Å². The second-order valence-electron chi connectivity index (χ2n) is 4.95. The van der Waals surface area contributed by atoms with Crippen LogP contribution in [0.5, 0.6) is 5.75 Å². The Labute approximate surface area is 149 Å². The van der Waals surface area contributed by atoms with Crippen LogP contribution in [0.25, 0.3) is 0 Å². The summed E-state index contributed by atoms with van der Waals surface area (Å²) in [6.07, 6.45) is 0. The van der Waals surface area contributed by atoms with Crippen molar-refractivity contribution in [2.24, 2.45) is 0 Å². The highest BCUT2D eigenvalue weighted by Crippen LogP contribution is 2.17. The molecule has 26 heavy (non-hydrogen) atoms. The van der Waals surface area contributed by atoms with Crippen molar-refractivity contribution < 1.29 is 29.5 Å². The Bertz CT molecular complexity index is 748. The maximum absolute atomic E-state index is 10.9. The number of benzene rings is 2. The summed E-state index contributed by atoms with van der Waals surface area (Å²) in [4.78, 5) is 28.7. The number of aliphatic carboxylic acids is 2. The molecule has 0 atom stereocenters. The van der Waals surface area contributed by atoms with Gasteiger partial charge in [-0.2, -0.15) is 0 Å². The number of carboxylic acid groups (broad SMARTS) is 2. The number of rotatable bonds is 6. The van der Waals surface area contributed by atoms with Gasteiger partial charge >= 0.3 is 11.9 Å². The molecule has 0 bridgehead atoms. The Balaban J connectivity index is 0.000000487. The van der Waals surface area contributed by atoms with Gasteiger partial charge in [-0.3, -0.25) is 10.1 Å². The number of hydrogen-bond acceptors (Lipinski definition) is 6. The van der Waals surface area contributed by atoms with Crippen LogP contribution in [0.15, 0.2) is 48.5 Å². The minimum absolute atomic E-state index is 0.148. The normalized spacial score (nSPS) is 9.58. The summed E-state index contributed by atoms with van der Waals surface area (Å²) in [6.45, 7) is 1.11. The summed E-state index contributed by atoms with van der Waals surface area (Å²) in [5.74, 6) is -2.84. The fraction of sp³-hybridized carbons (Fsp3) is 0.176. The summed E-state index contributed by atoms with van der Waals surface area (Å²) in [6, 6.07) is 14.5. The summed E-state index contributed by atoms with van der Waals surface area (Å²) in [5.41, 5.74) is 1.94. The second kappa shape index (κ2) is 10.4. The Morgan fingerprint density at radius 2 is 1.62 bits per heavy atom. The molecular formula is C17H18N2O7. The first-order chi connectivity index (χ1) is 12.3. The number of para-hydroxylation sites is 1. The number of ether oxygens (including phenoxy) is 1. The average Bonchev–Trinajstić information content (AvgIpc) is 2.63. The monoisotopic (exact) mass is 362 g/mol. The zero-order chi connectivity index (χ0) is 19.5. The van der Waals surface area contributed by atoms with Gasteiger partial charge in [0.1, 0.15) is 5.75 Å². The third-order valence-corrected chi connectivity index (χ3v) is 3.17. The molecule has 9 heteroatoms. The first-order valence-electron chi connectivity index (χ1n) is 7.37. The van der Waals surface area contributed by atoms with Gasteiger partial charge in [0.05, 0.1) is 12.0 Å². The topological polar surface area (TPSA) is 139 Å². The Hall–Kier alpha value is -3.46. The number of nitrogens with one attached hydrogen (secondary N) is 1. The molecule has 0 aliphatic carbocycles. The molecule has 0 aliphatic rings. The smallest absolute Gasteiger partial charge is 0.414 e. The maximum atomic E-state index is 10.9. The number of methoxy groups -OCH3 is 1. The quantitative estimate of drug-likeness (QED) is 0.403. The highest BCUT2D eigenvalue weighted by atomic mass is 16.6. The third kappa shape index (κ3) is 6.97. The van der Waals surface area contributed by atoms with E-state index in [0.717, 1.165) is 11.3 Å². The van der Waals surface area contributed by atoms with Crippen molar-refractivity contribution in [1.29, 1.82) is 0 Å². The number of hydrogen-bond donors (Lipinski definition) is 3. The molecule has 2 aromatic carbocycles. The van der Waals surface area contributed by atoms with E-state index in [-0.39, 0.29) is 10.6 Å². The molecule has 0 spiro atoms. The lowest BCUT2D eigenvalue weighted by atomic mass is 10.1. The van der Waals surface area contributed by atoms with Crippen LogP contribution < -0.4 is 10.1 Å². The standard InChI is InChI=1S/C15H16N2O3.C2H2O4/c1-20-14-8-6-12(7-9-14)10-16-11-13-4-2-3-5-15(13)17(18)19;3-1(4)2(5)6/h2-9,16H,10-11H2,1H3;(H,3,4)(H,5,6). The van der Waals surface area contributed by atoms with E-state index in [1.54, 1.807) is 25.3 Å². The number of nitro benzene ring substituents is 1. The van der Waals surface area contributed by atoms with Gasteiger partial charge in [0.2, 0.25) is 0 Å². The van der Waals surface area contributed by atoms with Crippen LogP contribution in [0, 0.1) is 10.1 Å². The van der Waals surface area contributed by atoms with Gasteiger partial charge in [-0.05, 0) is 17.7 Å². The first-order valence-corrected chi connectivity index (χ1v) is 7.37. The Morgan fingerprint density at radius 3 is 2.12 bits per heavy atom. The van der Waals surface area contributed by atoms with Crippen molar-refractivity contribution >= 4 is 17.6 Å². The number of carboxylic acids is 2. The zero-order valence-corrected chi connectivity index (χ0v) is 13.9. The van der Waals surface area contributed by atoms with Gasteiger partial charge < -0.3 is 20.3 Å². The lowest BCUT2D eigenvalue weighted by Gasteiger charge is -2.06. The fourth-order valence-electron chi connectivity index (χ4n) is 1.92. The van der Waals surface area contributed by atoms with E-state index in [0.29, 0.717) is 18.7 Å². The van der Waals surface area contributed by atoms with Crippen molar-refractivity contribution in [3.63, 3.8) is 0 Å². The van der Waals surface area contributed by atoms with Gasteiger partial charge in [0, 0.05) is 24.7 Å². The molecular weight excluding hydrogens is 344 g/mol. The first kappa shape index (κ1) is 20.6. The second-order valence-corrected chi connectivity index (χ2v) is 4.95. The zero-order valence-electron chi connectivity index (χ0n) is 13.9. The average molecular weight is 362 g/mol. The molecule has 0 radical (unpaired) electrons. The number of carbonyl (C=O) groups is 2. The van der Waals surface area contributed by atoms with Crippen molar-refractivity contribution in [3.05, 3.63) is 69.8 Å². The highest BCUT2D eigenvalue weighted by molar-refractivity contribution is 6.27. The van der Waals surface area contributed by atoms with Crippen LogP contribution in [-0.4, -0.2) is 34.2 Å². The molecule has 3 N–H and O–H groups in total. The molecule has 0 fully saturated rings. The summed E-state index contributed by atoms with van der Waals surface area (Å²) >= 11 is 0. The van der Waals surface area contributed by atoms with Crippen LogP contribution in [0.2, 0.25) is 0 Å². The van der Waals surface area contributed by atoms with Gasteiger partial charge in [-0.15, -0.1) is 0 Å². The number of nitrogens with zero attached hydrogens (tertiary/aromatic N) is 1. The van der Waals surface area contributed by atoms with Crippen LogP contribution in [0.3, 0.4) is 0 Å². The van der Waals surface area contributed by atoms with E-state index in [1.807, 2.05) is 24.3 Å².